The fraction of sp³-hybridized carbons (Fsp3) is 0.0500. The van der Waals surface area contributed by atoms with Gasteiger partial charge in [0.1, 0.15) is 5.75 Å². The normalized spacial score (nSPS) is 10.1. The molecule has 126 valence electrons. The van der Waals surface area contributed by atoms with E-state index in [1.165, 1.54) is 0 Å². The van der Waals surface area contributed by atoms with Gasteiger partial charge in [0.15, 0.2) is 0 Å². The number of urea groups is 1. The summed E-state index contributed by atoms with van der Waals surface area (Å²) < 4.78 is 5.25. The Morgan fingerprint density at radius 2 is 1.40 bits per heavy atom. The number of nitrogens with one attached hydrogen (secondary N) is 2. The van der Waals surface area contributed by atoms with E-state index in [1.54, 1.807) is 31.0 Å². The van der Waals surface area contributed by atoms with Gasteiger partial charge in [0.05, 0.1) is 18.5 Å². The van der Waals surface area contributed by atoms with E-state index in [0.29, 0.717) is 11.4 Å². The number of rotatable bonds is 5. The molecule has 25 heavy (non-hydrogen) atoms. The molecule has 0 saturated carbocycles. The molecule has 3 rings (SSSR count). The minimum atomic E-state index is -0.314. The van der Waals surface area contributed by atoms with Crippen LogP contribution >= 0.6 is 11.8 Å². The lowest BCUT2D eigenvalue weighted by Gasteiger charge is -2.13. The first-order valence-electron chi connectivity index (χ1n) is 7.79. The minimum absolute atomic E-state index is 0.314. The van der Waals surface area contributed by atoms with Crippen LogP contribution in [0.1, 0.15) is 0 Å². The highest BCUT2D eigenvalue weighted by Crippen LogP contribution is 2.33. The molecular weight excluding hydrogens is 332 g/mol. The Kier molecular flexibility index (Phi) is 5.59. The monoisotopic (exact) mass is 350 g/mol. The van der Waals surface area contributed by atoms with Crippen molar-refractivity contribution in [2.75, 3.05) is 17.7 Å². The van der Waals surface area contributed by atoms with Crippen LogP contribution in [0.15, 0.2) is 88.7 Å². The summed E-state index contributed by atoms with van der Waals surface area (Å²) in [4.78, 5) is 14.5. The average Bonchev–Trinajstić information content (AvgIpc) is 2.64. The summed E-state index contributed by atoms with van der Waals surface area (Å²) in [6.45, 7) is 0. The number of methoxy groups -OCH3 is 1. The first-order chi connectivity index (χ1) is 12.3. The third-order valence-corrected chi connectivity index (χ3v) is 4.55. The summed E-state index contributed by atoms with van der Waals surface area (Å²) in [5, 5.41) is 5.72. The predicted molar refractivity (Wildman–Crippen MR) is 103 cm³/mol. The molecule has 0 bridgehead atoms. The number of hydrogen-bond acceptors (Lipinski definition) is 3. The van der Waals surface area contributed by atoms with Crippen molar-refractivity contribution in [3.8, 4) is 5.75 Å². The van der Waals surface area contributed by atoms with Crippen molar-refractivity contribution in [2.24, 2.45) is 0 Å². The second-order valence-corrected chi connectivity index (χ2v) is 6.31. The Hall–Kier alpha value is -2.92. The molecule has 5 heteroatoms. The summed E-state index contributed by atoms with van der Waals surface area (Å²) in [5.41, 5.74) is 1.37. The van der Waals surface area contributed by atoms with E-state index in [9.17, 15) is 4.79 Å². The number of hydrogen-bond donors (Lipinski definition) is 2. The lowest BCUT2D eigenvalue weighted by Crippen LogP contribution is -2.20. The van der Waals surface area contributed by atoms with Gasteiger partial charge in [-0.15, -0.1) is 0 Å². The number of anilines is 2. The molecule has 4 nitrogen and oxygen atoms in total. The third-order valence-electron chi connectivity index (χ3n) is 3.46. The van der Waals surface area contributed by atoms with E-state index in [0.717, 1.165) is 15.5 Å². The van der Waals surface area contributed by atoms with E-state index in [2.05, 4.69) is 10.6 Å². The maximum Gasteiger partial charge on any atom is 0.323 e. The SMILES string of the molecule is COc1ccccc1NC(=O)Nc1ccccc1Sc1ccccc1. The smallest absolute Gasteiger partial charge is 0.323 e. The first-order valence-corrected chi connectivity index (χ1v) is 8.61. The number of carbonyl (C=O) groups excluding carboxylic acids is 1. The van der Waals surface area contributed by atoms with Crippen LogP contribution in [-0.2, 0) is 0 Å². The molecular formula is C20H18N2O2S. The van der Waals surface area contributed by atoms with Gasteiger partial charge in [0.25, 0.3) is 0 Å². The minimum Gasteiger partial charge on any atom is -0.495 e. The lowest BCUT2D eigenvalue weighted by atomic mass is 10.3. The second kappa shape index (κ2) is 8.26. The predicted octanol–water partition coefficient (Wildman–Crippen LogP) is 5.49. The molecule has 0 atom stereocenters. The van der Waals surface area contributed by atoms with E-state index in [1.807, 2.05) is 66.7 Å². The molecule has 0 fully saturated rings. The van der Waals surface area contributed by atoms with Gasteiger partial charge in [-0.3, -0.25) is 0 Å². The Labute approximate surface area is 151 Å². The molecule has 2 N–H and O–H groups in total. The van der Waals surface area contributed by atoms with Crippen molar-refractivity contribution in [3.63, 3.8) is 0 Å². The van der Waals surface area contributed by atoms with E-state index in [4.69, 9.17) is 4.74 Å². The van der Waals surface area contributed by atoms with Crippen LogP contribution in [0.25, 0.3) is 0 Å². The fourth-order valence-electron chi connectivity index (χ4n) is 2.30. The molecule has 3 aromatic carbocycles. The highest BCUT2D eigenvalue weighted by atomic mass is 32.2. The second-order valence-electron chi connectivity index (χ2n) is 5.19. The average molecular weight is 350 g/mol. The van der Waals surface area contributed by atoms with Gasteiger partial charge in [0.2, 0.25) is 0 Å². The van der Waals surface area contributed by atoms with Crippen molar-refractivity contribution in [3.05, 3.63) is 78.9 Å². The van der Waals surface area contributed by atoms with Gasteiger partial charge in [-0.05, 0) is 36.4 Å². The molecule has 0 radical (unpaired) electrons. The highest BCUT2D eigenvalue weighted by molar-refractivity contribution is 7.99. The number of para-hydroxylation sites is 3. The summed E-state index contributed by atoms with van der Waals surface area (Å²) >= 11 is 1.60. The Balaban J connectivity index is 1.73. The molecule has 0 unspecified atom stereocenters. The van der Waals surface area contributed by atoms with Gasteiger partial charge >= 0.3 is 6.03 Å². The van der Waals surface area contributed by atoms with Crippen LogP contribution < -0.4 is 15.4 Å². The summed E-state index contributed by atoms with van der Waals surface area (Å²) in [7, 11) is 1.57. The zero-order chi connectivity index (χ0) is 17.5. The lowest BCUT2D eigenvalue weighted by molar-refractivity contribution is 0.262. The largest absolute Gasteiger partial charge is 0.495 e. The molecule has 0 aliphatic heterocycles. The van der Waals surface area contributed by atoms with Crippen molar-refractivity contribution in [1.29, 1.82) is 0 Å². The molecule has 0 spiro atoms. The number of amides is 2. The standard InChI is InChI=1S/C20H18N2O2S/c1-24-18-13-7-5-11-16(18)21-20(23)22-17-12-6-8-14-19(17)25-15-9-3-2-4-10-15/h2-14H,1H3,(H2,21,22,23). The van der Waals surface area contributed by atoms with Crippen LogP contribution in [0.5, 0.6) is 5.75 Å². The maximum atomic E-state index is 12.4. The Morgan fingerprint density at radius 1 is 0.800 bits per heavy atom. The first kappa shape index (κ1) is 16.9. The number of ether oxygens (including phenoxy) is 1. The molecule has 0 saturated heterocycles. The van der Waals surface area contributed by atoms with Crippen LogP contribution in [0.4, 0.5) is 16.2 Å². The van der Waals surface area contributed by atoms with Crippen LogP contribution in [0.3, 0.4) is 0 Å². The Bertz CT molecular complexity index is 853. The molecule has 0 aliphatic rings. The Morgan fingerprint density at radius 3 is 2.16 bits per heavy atom. The van der Waals surface area contributed by atoms with Crippen LogP contribution in [-0.4, -0.2) is 13.1 Å². The van der Waals surface area contributed by atoms with Crippen molar-refractivity contribution >= 4 is 29.2 Å². The van der Waals surface area contributed by atoms with Gasteiger partial charge in [-0.2, -0.15) is 0 Å². The number of benzene rings is 3. The zero-order valence-corrected chi connectivity index (χ0v) is 14.5. The van der Waals surface area contributed by atoms with E-state index in [-0.39, 0.29) is 6.03 Å². The zero-order valence-electron chi connectivity index (χ0n) is 13.7. The van der Waals surface area contributed by atoms with Crippen molar-refractivity contribution in [1.82, 2.24) is 0 Å². The summed E-state index contributed by atoms with van der Waals surface area (Å²) in [6, 6.07) is 24.7. The third kappa shape index (κ3) is 4.55. The number of carbonyl (C=O) groups is 1. The molecule has 3 aromatic rings. The van der Waals surface area contributed by atoms with Gasteiger partial charge in [-0.25, -0.2) is 4.79 Å². The fourth-order valence-corrected chi connectivity index (χ4v) is 3.22. The van der Waals surface area contributed by atoms with Gasteiger partial charge in [-0.1, -0.05) is 54.2 Å². The molecule has 0 aromatic heterocycles. The highest BCUT2D eigenvalue weighted by Gasteiger charge is 2.10. The van der Waals surface area contributed by atoms with Crippen LogP contribution in [0, 0.1) is 0 Å². The van der Waals surface area contributed by atoms with E-state index >= 15 is 0 Å². The molecule has 0 heterocycles. The quantitative estimate of drug-likeness (QED) is 0.640. The van der Waals surface area contributed by atoms with Crippen LogP contribution in [0.2, 0.25) is 0 Å². The molecule has 0 aliphatic carbocycles. The topological polar surface area (TPSA) is 50.4 Å². The maximum absolute atomic E-state index is 12.4. The van der Waals surface area contributed by atoms with Gasteiger partial charge < -0.3 is 15.4 Å². The van der Waals surface area contributed by atoms with Crippen molar-refractivity contribution < 1.29 is 9.53 Å². The summed E-state index contributed by atoms with van der Waals surface area (Å²) in [5.74, 6) is 0.615. The van der Waals surface area contributed by atoms with Gasteiger partial charge in [0, 0.05) is 9.79 Å². The van der Waals surface area contributed by atoms with Crippen molar-refractivity contribution in [2.45, 2.75) is 9.79 Å². The van der Waals surface area contributed by atoms with E-state index < -0.39 is 0 Å². The summed E-state index contributed by atoms with van der Waals surface area (Å²) in [6.07, 6.45) is 0. The molecule has 2 amide bonds.